The number of nitrogens with zero attached hydrogens (tertiary/aromatic N) is 2. The first kappa shape index (κ1) is 18.4. The quantitative estimate of drug-likeness (QED) is 0.914. The lowest BCUT2D eigenvalue weighted by atomic mass is 10.1. The van der Waals surface area contributed by atoms with E-state index < -0.39 is 11.9 Å². The van der Waals surface area contributed by atoms with Crippen LogP contribution < -0.4 is 0 Å². The van der Waals surface area contributed by atoms with Gasteiger partial charge in [0.25, 0.3) is 0 Å². The Labute approximate surface area is 142 Å². The molecular formula is C18H25FN2O3. The Morgan fingerprint density at radius 2 is 1.83 bits per heavy atom. The number of rotatable bonds is 4. The molecule has 0 aromatic heterocycles. The van der Waals surface area contributed by atoms with Crippen LogP contribution in [0.3, 0.4) is 0 Å². The maximum absolute atomic E-state index is 13.2. The van der Waals surface area contributed by atoms with Crippen molar-refractivity contribution in [2.45, 2.75) is 32.8 Å². The molecule has 1 unspecified atom stereocenters. The van der Waals surface area contributed by atoms with Crippen molar-refractivity contribution in [3.05, 3.63) is 35.6 Å². The van der Waals surface area contributed by atoms with Gasteiger partial charge in [0.2, 0.25) is 11.8 Å². The molecule has 1 aliphatic heterocycles. The topological polar surface area (TPSA) is 60.9 Å². The summed E-state index contributed by atoms with van der Waals surface area (Å²) < 4.78 is 13.2. The van der Waals surface area contributed by atoms with Crippen molar-refractivity contribution in [3.63, 3.8) is 0 Å². The van der Waals surface area contributed by atoms with Gasteiger partial charge in [0.05, 0.1) is 12.5 Å². The van der Waals surface area contributed by atoms with Gasteiger partial charge < -0.3 is 14.9 Å². The summed E-state index contributed by atoms with van der Waals surface area (Å²) in [6.07, 6.45) is -0.383. The van der Waals surface area contributed by atoms with Crippen LogP contribution in [0.2, 0.25) is 0 Å². The normalized spacial score (nSPS) is 16.9. The Bertz CT molecular complexity index is 591. The highest BCUT2D eigenvalue weighted by molar-refractivity contribution is 5.79. The monoisotopic (exact) mass is 336 g/mol. The third kappa shape index (κ3) is 4.77. The number of hydrogen-bond acceptors (Lipinski definition) is 3. The Balaban J connectivity index is 1.92. The molecule has 1 aliphatic rings. The lowest BCUT2D eigenvalue weighted by Crippen LogP contribution is -2.39. The first-order valence-electron chi connectivity index (χ1n) is 8.38. The van der Waals surface area contributed by atoms with E-state index in [0.29, 0.717) is 31.7 Å². The van der Waals surface area contributed by atoms with Crippen LogP contribution in [-0.4, -0.2) is 52.9 Å². The Morgan fingerprint density at radius 3 is 2.50 bits per heavy atom. The molecule has 2 amide bonds. The molecule has 2 rings (SSSR count). The van der Waals surface area contributed by atoms with Gasteiger partial charge in [0.1, 0.15) is 5.82 Å². The summed E-state index contributed by atoms with van der Waals surface area (Å²) in [6, 6.07) is 5.66. The van der Waals surface area contributed by atoms with Gasteiger partial charge in [-0.3, -0.25) is 9.59 Å². The zero-order chi connectivity index (χ0) is 17.7. The van der Waals surface area contributed by atoms with Crippen LogP contribution in [0.1, 0.15) is 38.4 Å². The fourth-order valence-corrected chi connectivity index (χ4v) is 2.88. The van der Waals surface area contributed by atoms with Crippen molar-refractivity contribution in [1.82, 2.24) is 9.80 Å². The molecule has 1 aromatic rings. The van der Waals surface area contributed by atoms with Crippen molar-refractivity contribution in [3.8, 4) is 0 Å². The van der Waals surface area contributed by atoms with Crippen molar-refractivity contribution in [1.29, 1.82) is 0 Å². The average molecular weight is 336 g/mol. The number of aliphatic hydroxyl groups excluding tert-OH is 1. The Kier molecular flexibility index (Phi) is 6.31. The largest absolute Gasteiger partial charge is 0.388 e. The molecule has 1 aromatic carbocycles. The summed E-state index contributed by atoms with van der Waals surface area (Å²) >= 11 is 0. The van der Waals surface area contributed by atoms with Crippen LogP contribution >= 0.6 is 0 Å². The van der Waals surface area contributed by atoms with Crippen LogP contribution in [0.15, 0.2) is 24.3 Å². The zero-order valence-corrected chi connectivity index (χ0v) is 14.2. The van der Waals surface area contributed by atoms with Crippen molar-refractivity contribution < 1.29 is 19.1 Å². The van der Waals surface area contributed by atoms with Crippen LogP contribution in [0.25, 0.3) is 0 Å². The second-order valence-corrected chi connectivity index (χ2v) is 6.49. The standard InChI is InChI=1S/C18H25FN2O3/c1-13(2)18(24)21-8-4-7-20(9-10-21)17(23)12-16(22)14-5-3-6-15(19)11-14/h3,5-6,11,13,16,22H,4,7-10,12H2,1-2H3. The molecule has 1 fully saturated rings. The summed E-state index contributed by atoms with van der Waals surface area (Å²) in [7, 11) is 0. The third-order valence-corrected chi connectivity index (χ3v) is 4.26. The van der Waals surface area contributed by atoms with E-state index in [1.54, 1.807) is 15.9 Å². The molecule has 5 nitrogen and oxygen atoms in total. The molecule has 0 bridgehead atoms. The van der Waals surface area contributed by atoms with Crippen LogP contribution in [0.5, 0.6) is 0 Å². The number of carbonyl (C=O) groups excluding carboxylic acids is 2. The highest BCUT2D eigenvalue weighted by atomic mass is 19.1. The number of benzene rings is 1. The molecule has 6 heteroatoms. The van der Waals surface area contributed by atoms with Gasteiger partial charge in [-0.1, -0.05) is 26.0 Å². The SMILES string of the molecule is CC(C)C(=O)N1CCCN(C(=O)CC(O)c2cccc(F)c2)CC1. The van der Waals surface area contributed by atoms with Crippen LogP contribution in [-0.2, 0) is 9.59 Å². The smallest absolute Gasteiger partial charge is 0.225 e. The van der Waals surface area contributed by atoms with Crippen molar-refractivity contribution in [2.75, 3.05) is 26.2 Å². The second kappa shape index (κ2) is 8.24. The van der Waals surface area contributed by atoms with Gasteiger partial charge in [-0.2, -0.15) is 0 Å². The predicted molar refractivity (Wildman–Crippen MR) is 88.6 cm³/mol. The number of aliphatic hydroxyl groups is 1. The molecular weight excluding hydrogens is 311 g/mol. The molecule has 0 spiro atoms. The zero-order valence-electron chi connectivity index (χ0n) is 14.2. The maximum atomic E-state index is 13.2. The maximum Gasteiger partial charge on any atom is 0.225 e. The van der Waals surface area contributed by atoms with Gasteiger partial charge >= 0.3 is 0 Å². The average Bonchev–Trinajstić information content (AvgIpc) is 2.80. The molecule has 1 atom stereocenters. The second-order valence-electron chi connectivity index (χ2n) is 6.49. The van der Waals surface area contributed by atoms with E-state index in [0.717, 1.165) is 6.42 Å². The van der Waals surface area contributed by atoms with Crippen molar-refractivity contribution >= 4 is 11.8 Å². The fraction of sp³-hybridized carbons (Fsp3) is 0.556. The van der Waals surface area contributed by atoms with Crippen LogP contribution in [0.4, 0.5) is 4.39 Å². The third-order valence-electron chi connectivity index (χ3n) is 4.26. The number of halogens is 1. The first-order chi connectivity index (χ1) is 11.4. The summed E-state index contributed by atoms with van der Waals surface area (Å²) in [4.78, 5) is 27.9. The molecule has 132 valence electrons. The summed E-state index contributed by atoms with van der Waals surface area (Å²) in [6.45, 7) is 5.92. The van der Waals surface area contributed by atoms with E-state index >= 15 is 0 Å². The molecule has 1 N–H and O–H groups in total. The number of carbonyl (C=O) groups is 2. The minimum atomic E-state index is -1.02. The van der Waals surface area contributed by atoms with Crippen molar-refractivity contribution in [2.24, 2.45) is 5.92 Å². The molecule has 24 heavy (non-hydrogen) atoms. The Hall–Kier alpha value is -1.95. The molecule has 0 radical (unpaired) electrons. The van der Waals surface area contributed by atoms with Gasteiger partial charge in [0.15, 0.2) is 0 Å². The van der Waals surface area contributed by atoms with E-state index in [4.69, 9.17) is 0 Å². The molecule has 0 saturated carbocycles. The summed E-state index contributed by atoms with van der Waals surface area (Å²) in [5.41, 5.74) is 0.398. The van der Waals surface area contributed by atoms with E-state index in [-0.39, 0.29) is 24.2 Å². The molecule has 0 aliphatic carbocycles. The first-order valence-corrected chi connectivity index (χ1v) is 8.38. The fourth-order valence-electron chi connectivity index (χ4n) is 2.88. The van der Waals surface area contributed by atoms with Gasteiger partial charge in [0, 0.05) is 32.1 Å². The summed E-state index contributed by atoms with van der Waals surface area (Å²) in [5, 5.41) is 10.2. The Morgan fingerprint density at radius 1 is 1.17 bits per heavy atom. The van der Waals surface area contributed by atoms with E-state index in [1.165, 1.54) is 18.2 Å². The van der Waals surface area contributed by atoms with Gasteiger partial charge in [-0.25, -0.2) is 4.39 Å². The lowest BCUT2D eigenvalue weighted by Gasteiger charge is -2.24. The summed E-state index contributed by atoms with van der Waals surface area (Å²) in [5.74, 6) is -0.562. The van der Waals surface area contributed by atoms with E-state index in [1.807, 2.05) is 13.8 Å². The highest BCUT2D eigenvalue weighted by Gasteiger charge is 2.24. The van der Waals surface area contributed by atoms with Gasteiger partial charge in [-0.05, 0) is 24.1 Å². The predicted octanol–water partition coefficient (Wildman–Crippen LogP) is 1.97. The highest BCUT2D eigenvalue weighted by Crippen LogP contribution is 2.19. The van der Waals surface area contributed by atoms with Gasteiger partial charge in [-0.15, -0.1) is 0 Å². The lowest BCUT2D eigenvalue weighted by molar-refractivity contribution is -0.136. The van der Waals surface area contributed by atoms with E-state index in [9.17, 15) is 19.1 Å². The molecule has 1 heterocycles. The minimum absolute atomic E-state index is 0.0537. The van der Waals surface area contributed by atoms with Crippen LogP contribution in [0, 0.1) is 11.7 Å². The molecule has 1 saturated heterocycles. The van der Waals surface area contributed by atoms with E-state index in [2.05, 4.69) is 0 Å². The number of amides is 2. The number of hydrogen-bond donors (Lipinski definition) is 1. The minimum Gasteiger partial charge on any atom is -0.388 e.